The van der Waals surface area contributed by atoms with Crippen molar-refractivity contribution < 1.29 is 4.79 Å². The first kappa shape index (κ1) is 11.7. The molecule has 0 spiro atoms. The molecule has 0 aliphatic heterocycles. The number of Topliss-reactive ketones (excluding diaryl/α,β-unsaturated/α-hetero) is 1. The van der Waals surface area contributed by atoms with Crippen LogP contribution >= 0.6 is 15.9 Å². The fraction of sp³-hybridized carbons (Fsp3) is 0.583. The minimum absolute atomic E-state index is 0.108. The third-order valence-corrected chi connectivity index (χ3v) is 3.49. The Morgan fingerprint density at radius 2 is 2.21 bits per heavy atom. The molecule has 1 rings (SSSR count). The van der Waals surface area contributed by atoms with Crippen molar-refractivity contribution in [3.8, 4) is 0 Å². The van der Waals surface area contributed by atoms with Gasteiger partial charge in [-0.15, -0.1) is 0 Å². The van der Waals surface area contributed by atoms with Crippen molar-refractivity contribution in [2.75, 3.05) is 0 Å². The van der Waals surface area contributed by atoms with Crippen LogP contribution in [-0.2, 0) is 4.79 Å². The van der Waals surface area contributed by atoms with Crippen LogP contribution in [0.2, 0.25) is 0 Å². The van der Waals surface area contributed by atoms with Crippen LogP contribution < -0.4 is 0 Å². The molecule has 0 saturated heterocycles. The molecule has 0 bridgehead atoms. The highest BCUT2D eigenvalue weighted by Gasteiger charge is 2.27. The molecule has 0 N–H and O–H groups in total. The monoisotopic (exact) mass is 256 g/mol. The van der Waals surface area contributed by atoms with Crippen LogP contribution in [0.15, 0.2) is 24.3 Å². The van der Waals surface area contributed by atoms with Crippen molar-refractivity contribution in [3.05, 3.63) is 24.3 Å². The number of halogens is 1. The summed E-state index contributed by atoms with van der Waals surface area (Å²) in [4.78, 5) is 11.8. The molecular formula is C12H17BrO. The largest absolute Gasteiger partial charge is 0.298 e. The predicted octanol–water partition coefficient (Wildman–Crippen LogP) is 3.64. The molecule has 14 heavy (non-hydrogen) atoms. The van der Waals surface area contributed by atoms with Gasteiger partial charge in [-0.05, 0) is 26.2 Å². The molecule has 1 aliphatic rings. The molecule has 2 atom stereocenters. The summed E-state index contributed by atoms with van der Waals surface area (Å²) in [6.07, 6.45) is 12.2. The summed E-state index contributed by atoms with van der Waals surface area (Å²) >= 11 is 3.43. The molecule has 0 aromatic heterocycles. The van der Waals surface area contributed by atoms with Crippen LogP contribution in [0, 0.1) is 5.92 Å². The summed E-state index contributed by atoms with van der Waals surface area (Å²) in [6.45, 7) is 1.99. The van der Waals surface area contributed by atoms with Crippen molar-refractivity contribution in [2.24, 2.45) is 5.92 Å². The second-order valence-electron chi connectivity index (χ2n) is 3.69. The molecule has 1 saturated carbocycles. The highest BCUT2D eigenvalue weighted by molar-refractivity contribution is 9.10. The lowest BCUT2D eigenvalue weighted by atomic mass is 9.85. The van der Waals surface area contributed by atoms with Gasteiger partial charge in [0.05, 0.1) is 4.83 Å². The first-order valence-corrected chi connectivity index (χ1v) is 6.13. The summed E-state index contributed by atoms with van der Waals surface area (Å²) in [6, 6.07) is 0. The lowest BCUT2D eigenvalue weighted by molar-refractivity contribution is -0.123. The van der Waals surface area contributed by atoms with E-state index in [2.05, 4.69) is 22.0 Å². The molecule has 2 heteroatoms. The standard InChI is InChI=1S/C12H17BrO/c1-2-3-4-5-7-10-8-6-9-11(13)12(10)14/h2-5,10-11H,6-9H2,1H3/b3-2-,5-4-. The van der Waals surface area contributed by atoms with E-state index in [1.165, 1.54) is 6.42 Å². The van der Waals surface area contributed by atoms with E-state index in [1.807, 2.05) is 25.2 Å². The third kappa shape index (κ3) is 3.41. The maximum absolute atomic E-state index is 11.7. The highest BCUT2D eigenvalue weighted by Crippen LogP contribution is 2.28. The van der Waals surface area contributed by atoms with Gasteiger partial charge < -0.3 is 0 Å². The fourth-order valence-electron chi connectivity index (χ4n) is 1.75. The van der Waals surface area contributed by atoms with Crippen molar-refractivity contribution in [2.45, 2.75) is 37.4 Å². The zero-order valence-electron chi connectivity index (χ0n) is 8.58. The Morgan fingerprint density at radius 1 is 1.43 bits per heavy atom. The quantitative estimate of drug-likeness (QED) is 0.557. The van der Waals surface area contributed by atoms with E-state index >= 15 is 0 Å². The number of carbonyl (C=O) groups is 1. The predicted molar refractivity (Wildman–Crippen MR) is 63.6 cm³/mol. The normalized spacial score (nSPS) is 29.1. The molecule has 1 aliphatic carbocycles. The van der Waals surface area contributed by atoms with E-state index in [0.29, 0.717) is 5.78 Å². The molecule has 2 unspecified atom stereocenters. The maximum atomic E-state index is 11.7. The average Bonchev–Trinajstić information content (AvgIpc) is 2.19. The summed E-state index contributed by atoms with van der Waals surface area (Å²) in [5, 5.41) is 0. The number of alkyl halides is 1. The van der Waals surface area contributed by atoms with Gasteiger partial charge in [-0.3, -0.25) is 4.79 Å². The first-order chi connectivity index (χ1) is 6.75. The molecular weight excluding hydrogens is 240 g/mol. The molecule has 0 radical (unpaired) electrons. The van der Waals surface area contributed by atoms with Gasteiger partial charge in [-0.2, -0.15) is 0 Å². The topological polar surface area (TPSA) is 17.1 Å². The number of ketones is 1. The van der Waals surface area contributed by atoms with Gasteiger partial charge in [-0.25, -0.2) is 0 Å². The summed E-state index contributed by atoms with van der Waals surface area (Å²) in [5.74, 6) is 0.635. The van der Waals surface area contributed by atoms with Crippen LogP contribution in [-0.4, -0.2) is 10.6 Å². The molecule has 78 valence electrons. The Morgan fingerprint density at radius 3 is 2.93 bits per heavy atom. The van der Waals surface area contributed by atoms with E-state index in [9.17, 15) is 4.79 Å². The minimum atomic E-state index is 0.108. The lowest BCUT2D eigenvalue weighted by Gasteiger charge is -2.23. The molecule has 0 heterocycles. The summed E-state index contributed by atoms with van der Waals surface area (Å²) < 4.78 is 0. The zero-order valence-corrected chi connectivity index (χ0v) is 10.2. The first-order valence-electron chi connectivity index (χ1n) is 5.21. The highest BCUT2D eigenvalue weighted by atomic mass is 79.9. The van der Waals surface area contributed by atoms with Gasteiger partial charge in [0.2, 0.25) is 0 Å². The maximum Gasteiger partial charge on any atom is 0.149 e. The van der Waals surface area contributed by atoms with Crippen LogP contribution in [0.1, 0.15) is 32.6 Å². The zero-order chi connectivity index (χ0) is 10.4. The van der Waals surface area contributed by atoms with E-state index in [-0.39, 0.29) is 10.7 Å². The number of rotatable bonds is 3. The Kier molecular flexibility index (Phi) is 5.16. The van der Waals surface area contributed by atoms with E-state index in [0.717, 1.165) is 19.3 Å². The van der Waals surface area contributed by atoms with Crippen LogP contribution in [0.5, 0.6) is 0 Å². The second-order valence-corrected chi connectivity index (χ2v) is 4.79. The smallest absolute Gasteiger partial charge is 0.149 e. The van der Waals surface area contributed by atoms with E-state index < -0.39 is 0 Å². The van der Waals surface area contributed by atoms with Gasteiger partial charge in [0.15, 0.2) is 0 Å². The fourth-order valence-corrected chi connectivity index (χ4v) is 2.45. The molecule has 0 aromatic carbocycles. The number of carbonyl (C=O) groups excluding carboxylic acids is 1. The van der Waals surface area contributed by atoms with Crippen molar-refractivity contribution in [3.63, 3.8) is 0 Å². The Balaban J connectivity index is 2.39. The van der Waals surface area contributed by atoms with Crippen LogP contribution in [0.25, 0.3) is 0 Å². The van der Waals surface area contributed by atoms with Gasteiger partial charge in [-0.1, -0.05) is 46.7 Å². The van der Waals surface area contributed by atoms with Crippen molar-refractivity contribution in [1.82, 2.24) is 0 Å². The van der Waals surface area contributed by atoms with Crippen LogP contribution in [0.3, 0.4) is 0 Å². The SMILES string of the molecule is C/C=C\C=C/CC1CCCC(Br)C1=O. The average molecular weight is 257 g/mol. The Bertz CT molecular complexity index is 243. The van der Waals surface area contributed by atoms with Gasteiger partial charge >= 0.3 is 0 Å². The number of hydrogen-bond acceptors (Lipinski definition) is 1. The van der Waals surface area contributed by atoms with Gasteiger partial charge in [0, 0.05) is 5.92 Å². The van der Waals surface area contributed by atoms with Gasteiger partial charge in [0.1, 0.15) is 5.78 Å². The minimum Gasteiger partial charge on any atom is -0.298 e. The van der Waals surface area contributed by atoms with Gasteiger partial charge in [0.25, 0.3) is 0 Å². The molecule has 0 amide bonds. The van der Waals surface area contributed by atoms with Crippen LogP contribution in [0.4, 0.5) is 0 Å². The Hall–Kier alpha value is -0.370. The number of hydrogen-bond donors (Lipinski definition) is 0. The Labute approximate surface area is 94.4 Å². The molecule has 0 aromatic rings. The number of allylic oxidation sites excluding steroid dienone is 4. The third-order valence-electron chi connectivity index (χ3n) is 2.58. The van der Waals surface area contributed by atoms with Crippen molar-refractivity contribution in [1.29, 1.82) is 0 Å². The summed E-state index contributed by atoms with van der Waals surface area (Å²) in [5.41, 5.74) is 0. The van der Waals surface area contributed by atoms with Crippen molar-refractivity contribution >= 4 is 21.7 Å². The molecule has 1 fully saturated rings. The van der Waals surface area contributed by atoms with E-state index in [4.69, 9.17) is 0 Å². The molecule has 1 nitrogen and oxygen atoms in total. The summed E-state index contributed by atoms with van der Waals surface area (Å²) in [7, 11) is 0. The van der Waals surface area contributed by atoms with E-state index in [1.54, 1.807) is 0 Å². The lowest BCUT2D eigenvalue weighted by Crippen LogP contribution is -2.28. The second kappa shape index (κ2) is 6.18.